The summed E-state index contributed by atoms with van der Waals surface area (Å²) < 4.78 is 23.7. The zero-order valence-electron chi connectivity index (χ0n) is 18.7. The van der Waals surface area contributed by atoms with E-state index in [0.29, 0.717) is 34.3 Å². The van der Waals surface area contributed by atoms with Crippen LogP contribution in [0.25, 0.3) is 11.3 Å². The predicted octanol–water partition coefficient (Wildman–Crippen LogP) is 4.97. The highest BCUT2D eigenvalue weighted by atomic mass is 19.1. The van der Waals surface area contributed by atoms with Crippen LogP contribution in [0.15, 0.2) is 78.9 Å². The molecule has 0 aliphatic rings. The second-order valence-electron chi connectivity index (χ2n) is 7.38. The fourth-order valence-electron chi connectivity index (χ4n) is 3.36. The van der Waals surface area contributed by atoms with Crippen LogP contribution in [0.3, 0.4) is 0 Å². The van der Waals surface area contributed by atoms with Gasteiger partial charge in [-0.2, -0.15) is 0 Å². The molecular formula is C26H23FN4O3. The quantitative estimate of drug-likeness (QED) is 0.388. The maximum absolute atomic E-state index is 13.1. The first-order valence-corrected chi connectivity index (χ1v) is 10.5. The van der Waals surface area contributed by atoms with Gasteiger partial charge in [0, 0.05) is 28.9 Å². The first-order chi connectivity index (χ1) is 16.6. The Balaban J connectivity index is 1.42. The van der Waals surface area contributed by atoms with E-state index in [0.717, 1.165) is 11.1 Å². The smallest absolute Gasteiger partial charge is 0.251 e. The maximum atomic E-state index is 13.1. The van der Waals surface area contributed by atoms with Crippen molar-refractivity contribution in [2.45, 2.75) is 6.54 Å². The van der Waals surface area contributed by atoms with Crippen LogP contribution in [0.5, 0.6) is 11.5 Å². The molecule has 1 heterocycles. The monoisotopic (exact) mass is 458 g/mol. The van der Waals surface area contributed by atoms with Crippen LogP contribution in [0.1, 0.15) is 15.9 Å². The molecule has 0 saturated heterocycles. The van der Waals surface area contributed by atoms with Crippen molar-refractivity contribution in [3.8, 4) is 22.8 Å². The minimum absolute atomic E-state index is 0.230. The lowest BCUT2D eigenvalue weighted by molar-refractivity contribution is 0.0950. The average Bonchev–Trinajstić information content (AvgIpc) is 2.88. The Kier molecular flexibility index (Phi) is 6.98. The van der Waals surface area contributed by atoms with E-state index in [9.17, 15) is 9.18 Å². The Hall–Kier alpha value is -4.46. The molecule has 0 fully saturated rings. The molecule has 4 aromatic rings. The molecule has 0 aliphatic heterocycles. The lowest BCUT2D eigenvalue weighted by Gasteiger charge is -2.12. The fraction of sp³-hybridized carbons (Fsp3) is 0.115. The number of aromatic nitrogens is 2. The summed E-state index contributed by atoms with van der Waals surface area (Å²) in [6.07, 6.45) is 0. The lowest BCUT2D eigenvalue weighted by Crippen LogP contribution is -2.23. The van der Waals surface area contributed by atoms with Gasteiger partial charge in [0.05, 0.1) is 19.9 Å². The molecule has 1 aromatic heterocycles. The zero-order valence-corrected chi connectivity index (χ0v) is 18.7. The molecule has 0 aliphatic carbocycles. The van der Waals surface area contributed by atoms with Gasteiger partial charge in [0.15, 0.2) is 5.82 Å². The summed E-state index contributed by atoms with van der Waals surface area (Å²) in [5.74, 6) is 1.33. The summed E-state index contributed by atoms with van der Waals surface area (Å²) in [4.78, 5) is 12.7. The number of nitrogens with zero attached hydrogens (tertiary/aromatic N) is 2. The molecule has 4 rings (SSSR count). The average molecular weight is 458 g/mol. The Bertz CT molecular complexity index is 1280. The van der Waals surface area contributed by atoms with Gasteiger partial charge >= 0.3 is 0 Å². The highest BCUT2D eigenvalue weighted by Gasteiger charge is 2.10. The molecule has 3 aromatic carbocycles. The van der Waals surface area contributed by atoms with E-state index < -0.39 is 0 Å². The van der Waals surface area contributed by atoms with Gasteiger partial charge in [0.25, 0.3) is 5.91 Å². The Morgan fingerprint density at radius 3 is 2.44 bits per heavy atom. The van der Waals surface area contributed by atoms with Crippen LogP contribution in [-0.2, 0) is 6.54 Å². The zero-order chi connectivity index (χ0) is 23.9. The number of carbonyl (C=O) groups is 1. The number of amides is 1. The molecule has 0 saturated carbocycles. The molecule has 172 valence electrons. The summed E-state index contributed by atoms with van der Waals surface area (Å²) in [6, 6.07) is 22.1. The van der Waals surface area contributed by atoms with Crippen molar-refractivity contribution in [2.24, 2.45) is 0 Å². The van der Waals surface area contributed by atoms with E-state index in [-0.39, 0.29) is 18.3 Å². The number of rotatable bonds is 8. The van der Waals surface area contributed by atoms with Gasteiger partial charge < -0.3 is 20.1 Å². The molecule has 0 bridgehead atoms. The number of halogens is 1. The SMILES string of the molecule is COc1ccc(OC)c(CNC(=O)c2cccc(Nc3ccc(-c4ccc(F)cc4)nn3)c2)c1. The Morgan fingerprint density at radius 2 is 1.74 bits per heavy atom. The van der Waals surface area contributed by atoms with Gasteiger partial charge in [-0.15, -0.1) is 10.2 Å². The predicted molar refractivity (Wildman–Crippen MR) is 128 cm³/mol. The first kappa shape index (κ1) is 22.7. The molecule has 8 heteroatoms. The summed E-state index contributed by atoms with van der Waals surface area (Å²) >= 11 is 0. The van der Waals surface area contributed by atoms with Crippen LogP contribution in [0.4, 0.5) is 15.9 Å². The summed E-state index contributed by atoms with van der Waals surface area (Å²) in [6.45, 7) is 0.285. The van der Waals surface area contributed by atoms with E-state index in [1.807, 2.05) is 12.1 Å². The topological polar surface area (TPSA) is 85.4 Å². The van der Waals surface area contributed by atoms with Crippen molar-refractivity contribution < 1.29 is 18.7 Å². The van der Waals surface area contributed by atoms with E-state index in [2.05, 4.69) is 20.8 Å². The number of hydrogen-bond acceptors (Lipinski definition) is 6. The molecule has 0 radical (unpaired) electrons. The number of benzene rings is 3. The third kappa shape index (κ3) is 5.47. The van der Waals surface area contributed by atoms with Gasteiger partial charge in [-0.1, -0.05) is 6.07 Å². The number of hydrogen-bond donors (Lipinski definition) is 2. The minimum Gasteiger partial charge on any atom is -0.497 e. The minimum atomic E-state index is -0.304. The van der Waals surface area contributed by atoms with E-state index >= 15 is 0 Å². The largest absolute Gasteiger partial charge is 0.497 e. The molecule has 0 spiro atoms. The summed E-state index contributed by atoms with van der Waals surface area (Å²) in [5, 5.41) is 14.4. The van der Waals surface area contributed by atoms with Crippen LogP contribution < -0.4 is 20.1 Å². The van der Waals surface area contributed by atoms with E-state index in [4.69, 9.17) is 9.47 Å². The van der Waals surface area contributed by atoms with Crippen molar-refractivity contribution >= 4 is 17.4 Å². The first-order valence-electron chi connectivity index (χ1n) is 10.5. The summed E-state index contributed by atoms with van der Waals surface area (Å²) in [7, 11) is 3.17. The van der Waals surface area contributed by atoms with Crippen LogP contribution in [0, 0.1) is 5.82 Å². The number of ether oxygens (including phenoxy) is 2. The van der Waals surface area contributed by atoms with Crippen molar-refractivity contribution in [1.82, 2.24) is 15.5 Å². The molecule has 34 heavy (non-hydrogen) atoms. The van der Waals surface area contributed by atoms with Crippen LogP contribution in [0.2, 0.25) is 0 Å². The number of nitrogens with one attached hydrogen (secondary N) is 2. The molecule has 7 nitrogen and oxygen atoms in total. The second kappa shape index (κ2) is 10.4. The lowest BCUT2D eigenvalue weighted by atomic mass is 10.1. The van der Waals surface area contributed by atoms with Crippen molar-refractivity contribution in [3.05, 3.63) is 95.8 Å². The van der Waals surface area contributed by atoms with Crippen molar-refractivity contribution in [2.75, 3.05) is 19.5 Å². The van der Waals surface area contributed by atoms with Crippen molar-refractivity contribution in [1.29, 1.82) is 0 Å². The van der Waals surface area contributed by atoms with Gasteiger partial charge in [0.2, 0.25) is 0 Å². The Morgan fingerprint density at radius 1 is 0.912 bits per heavy atom. The fourth-order valence-corrected chi connectivity index (χ4v) is 3.36. The highest BCUT2D eigenvalue weighted by Crippen LogP contribution is 2.24. The third-order valence-electron chi connectivity index (χ3n) is 5.13. The van der Waals surface area contributed by atoms with E-state index in [1.54, 1.807) is 68.8 Å². The highest BCUT2D eigenvalue weighted by molar-refractivity contribution is 5.95. The maximum Gasteiger partial charge on any atom is 0.251 e. The number of carbonyl (C=O) groups excluding carboxylic acids is 1. The molecule has 2 N–H and O–H groups in total. The Labute approximate surface area is 196 Å². The van der Waals surface area contributed by atoms with E-state index in [1.165, 1.54) is 12.1 Å². The van der Waals surface area contributed by atoms with Crippen LogP contribution in [-0.4, -0.2) is 30.3 Å². The molecule has 1 amide bonds. The van der Waals surface area contributed by atoms with Crippen molar-refractivity contribution in [3.63, 3.8) is 0 Å². The number of anilines is 2. The van der Waals surface area contributed by atoms with Gasteiger partial charge in [-0.3, -0.25) is 4.79 Å². The van der Waals surface area contributed by atoms with Crippen LogP contribution >= 0.6 is 0 Å². The third-order valence-corrected chi connectivity index (χ3v) is 5.13. The normalized spacial score (nSPS) is 10.4. The summed E-state index contributed by atoms with van der Waals surface area (Å²) in [5.41, 5.74) is 3.39. The second-order valence-corrected chi connectivity index (χ2v) is 7.38. The van der Waals surface area contributed by atoms with Gasteiger partial charge in [-0.05, 0) is 72.8 Å². The molecule has 0 atom stereocenters. The standard InChI is InChI=1S/C26H23FN4O3/c1-33-22-10-12-24(34-2)19(15-22)16-28-26(32)18-4-3-5-21(14-18)29-25-13-11-23(30-31-25)17-6-8-20(27)9-7-17/h3-15H,16H2,1-2H3,(H,28,32)(H,29,31). The molecule has 0 unspecified atom stereocenters. The number of methoxy groups -OCH3 is 2. The van der Waals surface area contributed by atoms with Gasteiger partial charge in [0.1, 0.15) is 17.3 Å². The molecular weight excluding hydrogens is 435 g/mol. The van der Waals surface area contributed by atoms with Gasteiger partial charge in [-0.25, -0.2) is 4.39 Å².